The van der Waals surface area contributed by atoms with E-state index in [1.54, 1.807) is 30.3 Å². The van der Waals surface area contributed by atoms with Crippen LogP contribution in [0.2, 0.25) is 0 Å². The quantitative estimate of drug-likeness (QED) is 0.873. The number of carbonyl (C=O) groups is 1. The van der Waals surface area contributed by atoms with Crippen molar-refractivity contribution in [2.75, 3.05) is 7.11 Å². The Morgan fingerprint density at radius 2 is 1.75 bits per heavy atom. The Bertz CT molecular complexity index is 739. The number of carbonyl (C=O) groups excluding carboxylic acids is 1. The van der Waals surface area contributed by atoms with Gasteiger partial charge in [-0.05, 0) is 17.7 Å². The van der Waals surface area contributed by atoms with Crippen LogP contribution < -0.4 is 5.14 Å². The van der Waals surface area contributed by atoms with Crippen molar-refractivity contribution >= 4 is 16.0 Å². The van der Waals surface area contributed by atoms with Gasteiger partial charge in [-0.1, -0.05) is 36.4 Å². The average molecular weight is 291 g/mol. The van der Waals surface area contributed by atoms with Gasteiger partial charge < -0.3 is 4.74 Å². The Morgan fingerprint density at radius 1 is 1.10 bits per heavy atom. The Labute approximate surface area is 117 Å². The molecule has 0 aliphatic rings. The molecular weight excluding hydrogens is 278 g/mol. The number of esters is 1. The number of rotatable bonds is 3. The van der Waals surface area contributed by atoms with Crippen LogP contribution in [-0.2, 0) is 14.8 Å². The van der Waals surface area contributed by atoms with Crippen LogP contribution in [0.4, 0.5) is 0 Å². The summed E-state index contributed by atoms with van der Waals surface area (Å²) in [4.78, 5) is 11.4. The minimum absolute atomic E-state index is 0.105. The molecule has 0 radical (unpaired) electrons. The SMILES string of the molecule is COC(=O)c1ccc(-c2ccccc2)c(S(N)(=O)=O)c1. The van der Waals surface area contributed by atoms with Gasteiger partial charge in [-0.25, -0.2) is 18.4 Å². The summed E-state index contributed by atoms with van der Waals surface area (Å²) in [6.07, 6.45) is 0. The van der Waals surface area contributed by atoms with E-state index in [1.807, 2.05) is 6.07 Å². The van der Waals surface area contributed by atoms with Gasteiger partial charge in [-0.2, -0.15) is 0 Å². The molecule has 104 valence electrons. The predicted molar refractivity (Wildman–Crippen MR) is 74.6 cm³/mol. The topological polar surface area (TPSA) is 86.5 Å². The third-order valence-electron chi connectivity index (χ3n) is 2.79. The van der Waals surface area contributed by atoms with E-state index in [1.165, 1.54) is 19.2 Å². The second-order valence-corrected chi connectivity index (χ2v) is 5.64. The number of methoxy groups -OCH3 is 1. The van der Waals surface area contributed by atoms with Gasteiger partial charge >= 0.3 is 5.97 Å². The Kier molecular flexibility index (Phi) is 3.87. The number of hydrogen-bond acceptors (Lipinski definition) is 4. The molecule has 0 aromatic heterocycles. The monoisotopic (exact) mass is 291 g/mol. The number of benzene rings is 2. The van der Waals surface area contributed by atoms with Crippen molar-refractivity contribution in [1.82, 2.24) is 0 Å². The van der Waals surface area contributed by atoms with E-state index in [-0.39, 0.29) is 10.5 Å². The lowest BCUT2D eigenvalue weighted by Crippen LogP contribution is -2.15. The van der Waals surface area contributed by atoms with Crippen molar-refractivity contribution in [3.05, 3.63) is 54.1 Å². The van der Waals surface area contributed by atoms with Crippen LogP contribution in [0.5, 0.6) is 0 Å². The van der Waals surface area contributed by atoms with Gasteiger partial charge in [0.05, 0.1) is 17.6 Å². The van der Waals surface area contributed by atoms with Crippen molar-refractivity contribution in [3.8, 4) is 11.1 Å². The summed E-state index contributed by atoms with van der Waals surface area (Å²) in [5, 5.41) is 5.23. The first-order chi connectivity index (χ1) is 9.43. The lowest BCUT2D eigenvalue weighted by molar-refractivity contribution is 0.0600. The lowest BCUT2D eigenvalue weighted by atomic mass is 10.0. The molecule has 6 heteroatoms. The summed E-state index contributed by atoms with van der Waals surface area (Å²) in [6.45, 7) is 0. The second-order valence-electron chi connectivity index (χ2n) is 4.11. The third kappa shape index (κ3) is 2.87. The van der Waals surface area contributed by atoms with E-state index in [2.05, 4.69) is 4.74 Å². The molecule has 0 bridgehead atoms. The standard InChI is InChI=1S/C14H13NO4S/c1-19-14(16)11-7-8-12(10-5-3-2-4-6-10)13(9-11)20(15,17)18/h2-9H,1H3,(H2,15,17,18). The third-order valence-corrected chi connectivity index (χ3v) is 3.74. The van der Waals surface area contributed by atoms with Gasteiger partial charge in [0.25, 0.3) is 0 Å². The van der Waals surface area contributed by atoms with Crippen LogP contribution in [-0.4, -0.2) is 21.5 Å². The zero-order valence-electron chi connectivity index (χ0n) is 10.7. The summed E-state index contributed by atoms with van der Waals surface area (Å²) in [7, 11) is -2.73. The lowest BCUT2D eigenvalue weighted by Gasteiger charge is -2.09. The maximum absolute atomic E-state index is 11.7. The van der Waals surface area contributed by atoms with Gasteiger partial charge in [0.15, 0.2) is 0 Å². The van der Waals surface area contributed by atoms with Crippen LogP contribution in [0.3, 0.4) is 0 Å². The van der Waals surface area contributed by atoms with Crippen LogP contribution in [0, 0.1) is 0 Å². The van der Waals surface area contributed by atoms with Gasteiger partial charge in [-0.15, -0.1) is 0 Å². The summed E-state index contributed by atoms with van der Waals surface area (Å²) < 4.78 is 28.0. The molecular formula is C14H13NO4S. The fourth-order valence-electron chi connectivity index (χ4n) is 1.86. The smallest absolute Gasteiger partial charge is 0.337 e. The maximum Gasteiger partial charge on any atom is 0.337 e. The molecule has 20 heavy (non-hydrogen) atoms. The fraction of sp³-hybridized carbons (Fsp3) is 0.0714. The summed E-state index contributed by atoms with van der Waals surface area (Å²) in [6, 6.07) is 13.2. The van der Waals surface area contributed by atoms with Gasteiger partial charge in [-0.3, -0.25) is 0 Å². The van der Waals surface area contributed by atoms with Gasteiger partial charge in [0.1, 0.15) is 0 Å². The van der Waals surface area contributed by atoms with Crippen molar-refractivity contribution in [2.45, 2.75) is 4.90 Å². The first kappa shape index (κ1) is 14.2. The molecule has 0 saturated carbocycles. The summed E-state index contributed by atoms with van der Waals surface area (Å²) in [5.74, 6) is -0.616. The molecule has 0 unspecified atom stereocenters. The minimum Gasteiger partial charge on any atom is -0.465 e. The molecule has 0 amide bonds. The Morgan fingerprint density at radius 3 is 2.30 bits per heavy atom. The molecule has 0 aliphatic carbocycles. The number of sulfonamides is 1. The molecule has 0 saturated heterocycles. The van der Waals surface area contributed by atoms with Crippen LogP contribution in [0.15, 0.2) is 53.4 Å². The van der Waals surface area contributed by atoms with E-state index < -0.39 is 16.0 Å². The molecule has 2 aromatic carbocycles. The molecule has 2 N–H and O–H groups in total. The van der Waals surface area contributed by atoms with Crippen molar-refractivity contribution < 1.29 is 17.9 Å². The van der Waals surface area contributed by atoms with E-state index in [0.717, 1.165) is 0 Å². The van der Waals surface area contributed by atoms with Crippen LogP contribution in [0.1, 0.15) is 10.4 Å². The number of hydrogen-bond donors (Lipinski definition) is 1. The number of ether oxygens (including phenoxy) is 1. The van der Waals surface area contributed by atoms with E-state index >= 15 is 0 Å². The molecule has 0 fully saturated rings. The highest BCUT2D eigenvalue weighted by Gasteiger charge is 2.18. The first-order valence-electron chi connectivity index (χ1n) is 5.74. The number of nitrogens with two attached hydrogens (primary N) is 1. The van der Waals surface area contributed by atoms with Crippen molar-refractivity contribution in [2.24, 2.45) is 5.14 Å². The highest BCUT2D eigenvalue weighted by Crippen LogP contribution is 2.27. The predicted octanol–water partition coefficient (Wildman–Crippen LogP) is 1.79. The Balaban J connectivity index is 2.68. The van der Waals surface area contributed by atoms with Crippen molar-refractivity contribution in [1.29, 1.82) is 0 Å². The first-order valence-corrected chi connectivity index (χ1v) is 7.28. The summed E-state index contributed by atoms with van der Waals surface area (Å²) in [5.41, 5.74) is 1.28. The van der Waals surface area contributed by atoms with Crippen LogP contribution in [0.25, 0.3) is 11.1 Å². The van der Waals surface area contributed by atoms with Gasteiger partial charge in [0, 0.05) is 5.56 Å². The highest BCUT2D eigenvalue weighted by atomic mass is 32.2. The van der Waals surface area contributed by atoms with Crippen LogP contribution >= 0.6 is 0 Å². The zero-order valence-corrected chi connectivity index (χ0v) is 11.6. The average Bonchev–Trinajstić information content (AvgIpc) is 2.46. The van der Waals surface area contributed by atoms with Gasteiger partial charge in [0.2, 0.25) is 10.0 Å². The van der Waals surface area contributed by atoms with E-state index in [4.69, 9.17) is 5.14 Å². The highest BCUT2D eigenvalue weighted by molar-refractivity contribution is 7.89. The second kappa shape index (κ2) is 5.44. The number of primary sulfonamides is 1. The van der Waals surface area contributed by atoms with E-state index in [9.17, 15) is 13.2 Å². The normalized spacial score (nSPS) is 11.1. The molecule has 5 nitrogen and oxygen atoms in total. The zero-order chi connectivity index (χ0) is 14.8. The molecule has 2 rings (SSSR count). The minimum atomic E-state index is -3.95. The molecule has 0 spiro atoms. The molecule has 0 heterocycles. The molecule has 0 atom stereocenters. The Hall–Kier alpha value is -2.18. The van der Waals surface area contributed by atoms with E-state index in [0.29, 0.717) is 11.1 Å². The largest absolute Gasteiger partial charge is 0.465 e. The van der Waals surface area contributed by atoms with Crippen molar-refractivity contribution in [3.63, 3.8) is 0 Å². The summed E-state index contributed by atoms with van der Waals surface area (Å²) >= 11 is 0. The maximum atomic E-state index is 11.7. The fourth-order valence-corrected chi connectivity index (χ4v) is 2.64. The molecule has 2 aromatic rings. The molecule has 0 aliphatic heterocycles.